The molecule has 1 aliphatic carbocycles. The summed E-state index contributed by atoms with van der Waals surface area (Å²) in [6.45, 7) is 6.96. The molecular weight excluding hydrogens is 424 g/mol. The second kappa shape index (κ2) is 10.6. The van der Waals surface area contributed by atoms with Crippen LogP contribution in [0.15, 0.2) is 60.3 Å². The van der Waals surface area contributed by atoms with Gasteiger partial charge in [0.1, 0.15) is 23.4 Å². The molecule has 2 aliphatic heterocycles. The molecule has 3 fully saturated rings. The first-order valence-corrected chi connectivity index (χ1v) is 11.3. The van der Waals surface area contributed by atoms with Gasteiger partial charge in [-0.2, -0.15) is 0 Å². The SMILES string of the molecule is COC1C(OC(=O)C=CC=CC=CC=CC(=O)O)CC[C@]2(CO2)[C@@H]1[C@@]1(C)OC1CC=C(C)C. The standard InChI is InChI=1S/C26H34O7/c1-18(2)13-14-20-25(3,33-20)24-23(30-4)19(15-16-26(24)17-31-26)32-22(29)12-10-8-6-5-7-9-11-21(27)28/h5-13,19-20,23-24H,14-17H2,1-4H3,(H,27,28)/t19?,20?,23?,24-,25-,26-/m0/s1. The molecular formula is C26H34O7. The topological polar surface area (TPSA) is 97.9 Å². The first kappa shape index (κ1) is 25.1. The van der Waals surface area contributed by atoms with E-state index < -0.39 is 11.9 Å². The average molecular weight is 459 g/mol. The predicted octanol–water partition coefficient (Wildman–Crippen LogP) is 3.92. The van der Waals surface area contributed by atoms with Gasteiger partial charge >= 0.3 is 11.9 Å². The first-order chi connectivity index (χ1) is 15.7. The minimum Gasteiger partial charge on any atom is -0.478 e. The second-order valence-corrected chi connectivity index (χ2v) is 9.18. The van der Waals surface area contributed by atoms with Crippen LogP contribution in [0, 0.1) is 5.92 Å². The van der Waals surface area contributed by atoms with Crippen LogP contribution in [0.2, 0.25) is 0 Å². The van der Waals surface area contributed by atoms with E-state index in [1.807, 2.05) is 0 Å². The van der Waals surface area contributed by atoms with Crippen LogP contribution in [0.5, 0.6) is 0 Å². The summed E-state index contributed by atoms with van der Waals surface area (Å²) in [6, 6.07) is 0. The summed E-state index contributed by atoms with van der Waals surface area (Å²) in [4.78, 5) is 22.8. The molecule has 3 aliphatic rings. The summed E-state index contributed by atoms with van der Waals surface area (Å²) in [7, 11) is 1.65. The number of carbonyl (C=O) groups is 2. The molecule has 6 atom stereocenters. The van der Waals surface area contributed by atoms with E-state index in [1.54, 1.807) is 37.5 Å². The van der Waals surface area contributed by atoms with Gasteiger partial charge in [-0.25, -0.2) is 9.59 Å². The van der Waals surface area contributed by atoms with Gasteiger partial charge in [0, 0.05) is 19.3 Å². The fraction of sp³-hybridized carbons (Fsp3) is 0.538. The summed E-state index contributed by atoms with van der Waals surface area (Å²) in [6.07, 6.45) is 16.0. The Morgan fingerprint density at radius 2 is 1.73 bits per heavy atom. The van der Waals surface area contributed by atoms with E-state index in [0.717, 1.165) is 18.9 Å². The molecule has 7 heteroatoms. The van der Waals surface area contributed by atoms with Crippen LogP contribution in [-0.2, 0) is 28.5 Å². The van der Waals surface area contributed by atoms with Crippen molar-refractivity contribution in [2.45, 2.75) is 69.5 Å². The van der Waals surface area contributed by atoms with Crippen LogP contribution in [0.1, 0.15) is 40.0 Å². The van der Waals surface area contributed by atoms with Gasteiger partial charge in [0.15, 0.2) is 0 Å². The molecule has 7 nitrogen and oxygen atoms in total. The van der Waals surface area contributed by atoms with Crippen molar-refractivity contribution in [3.8, 4) is 0 Å². The molecule has 33 heavy (non-hydrogen) atoms. The van der Waals surface area contributed by atoms with Gasteiger partial charge in [-0.15, -0.1) is 0 Å². The monoisotopic (exact) mass is 458 g/mol. The Morgan fingerprint density at radius 1 is 1.09 bits per heavy atom. The molecule has 0 aromatic heterocycles. The third kappa shape index (κ3) is 6.31. The Kier molecular flexibility index (Phi) is 8.10. The molecule has 0 radical (unpaired) electrons. The Hall–Kier alpha value is -2.48. The largest absolute Gasteiger partial charge is 0.478 e. The molecule has 180 valence electrons. The summed E-state index contributed by atoms with van der Waals surface area (Å²) < 4.78 is 23.8. The third-order valence-corrected chi connectivity index (χ3v) is 6.53. The summed E-state index contributed by atoms with van der Waals surface area (Å²) in [5.41, 5.74) is 0.642. The number of hydrogen-bond acceptors (Lipinski definition) is 6. The van der Waals surface area contributed by atoms with Crippen LogP contribution in [0.25, 0.3) is 0 Å². The maximum Gasteiger partial charge on any atom is 0.331 e. The normalized spacial score (nSPS) is 35.6. The number of ether oxygens (including phenoxy) is 4. The van der Waals surface area contributed by atoms with Crippen molar-refractivity contribution in [1.29, 1.82) is 0 Å². The Morgan fingerprint density at radius 3 is 2.30 bits per heavy atom. The van der Waals surface area contributed by atoms with Crippen molar-refractivity contribution >= 4 is 11.9 Å². The lowest BCUT2D eigenvalue weighted by atomic mass is 9.68. The van der Waals surface area contributed by atoms with E-state index in [0.29, 0.717) is 13.0 Å². The van der Waals surface area contributed by atoms with Gasteiger partial charge in [0.2, 0.25) is 0 Å². The molecule has 1 saturated carbocycles. The molecule has 0 amide bonds. The van der Waals surface area contributed by atoms with Crippen molar-refractivity contribution in [1.82, 2.24) is 0 Å². The van der Waals surface area contributed by atoms with Crippen molar-refractivity contribution in [2.24, 2.45) is 5.92 Å². The minimum atomic E-state index is -1.00. The van der Waals surface area contributed by atoms with Crippen LogP contribution < -0.4 is 0 Å². The summed E-state index contributed by atoms with van der Waals surface area (Å²) in [5.74, 6) is -1.45. The van der Waals surface area contributed by atoms with Gasteiger partial charge in [-0.3, -0.25) is 0 Å². The number of carboxylic acids is 1. The zero-order valence-electron chi connectivity index (χ0n) is 19.7. The Bertz CT molecular complexity index is 873. The number of epoxide rings is 2. The van der Waals surface area contributed by atoms with E-state index in [4.69, 9.17) is 24.1 Å². The zero-order chi connectivity index (χ0) is 24.1. The number of methoxy groups -OCH3 is 1. The number of carbonyl (C=O) groups excluding carboxylic acids is 1. The number of allylic oxidation sites excluding steroid dienone is 7. The van der Waals surface area contributed by atoms with Gasteiger partial charge in [0.05, 0.1) is 18.6 Å². The predicted molar refractivity (Wildman–Crippen MR) is 124 cm³/mol. The molecule has 2 heterocycles. The van der Waals surface area contributed by atoms with E-state index in [9.17, 15) is 9.59 Å². The van der Waals surface area contributed by atoms with E-state index >= 15 is 0 Å². The van der Waals surface area contributed by atoms with E-state index in [-0.39, 0.29) is 35.4 Å². The number of hydrogen-bond donors (Lipinski definition) is 1. The van der Waals surface area contributed by atoms with Crippen molar-refractivity contribution < 1.29 is 33.6 Å². The van der Waals surface area contributed by atoms with Gasteiger partial charge in [-0.1, -0.05) is 48.1 Å². The molecule has 3 unspecified atom stereocenters. The molecule has 1 N–H and O–H groups in total. The minimum absolute atomic E-state index is 0.00928. The van der Waals surface area contributed by atoms with Crippen LogP contribution in [0.3, 0.4) is 0 Å². The van der Waals surface area contributed by atoms with E-state index in [1.165, 1.54) is 17.7 Å². The smallest absolute Gasteiger partial charge is 0.331 e. The molecule has 3 rings (SSSR count). The highest BCUT2D eigenvalue weighted by atomic mass is 16.6. The highest BCUT2D eigenvalue weighted by molar-refractivity contribution is 5.82. The second-order valence-electron chi connectivity index (χ2n) is 9.18. The van der Waals surface area contributed by atoms with Crippen molar-refractivity contribution in [3.63, 3.8) is 0 Å². The van der Waals surface area contributed by atoms with E-state index in [2.05, 4.69) is 26.8 Å². The van der Waals surface area contributed by atoms with Gasteiger partial charge in [0.25, 0.3) is 0 Å². The number of esters is 1. The van der Waals surface area contributed by atoms with Crippen molar-refractivity contribution in [3.05, 3.63) is 60.3 Å². The van der Waals surface area contributed by atoms with Crippen LogP contribution in [-0.4, -0.2) is 60.3 Å². The maximum atomic E-state index is 12.4. The van der Waals surface area contributed by atoms with Crippen LogP contribution >= 0.6 is 0 Å². The molecule has 0 aromatic rings. The first-order valence-electron chi connectivity index (χ1n) is 11.3. The Labute approximate surface area is 195 Å². The fourth-order valence-electron chi connectivity index (χ4n) is 4.79. The van der Waals surface area contributed by atoms with Crippen LogP contribution in [0.4, 0.5) is 0 Å². The molecule has 0 bridgehead atoms. The highest BCUT2D eigenvalue weighted by Gasteiger charge is 2.72. The summed E-state index contributed by atoms with van der Waals surface area (Å²) >= 11 is 0. The molecule has 0 aromatic carbocycles. The third-order valence-electron chi connectivity index (χ3n) is 6.53. The summed E-state index contributed by atoms with van der Waals surface area (Å²) in [5, 5.41) is 8.51. The lowest BCUT2D eigenvalue weighted by molar-refractivity contribution is -0.166. The quantitative estimate of drug-likeness (QED) is 0.174. The lowest BCUT2D eigenvalue weighted by Gasteiger charge is -2.42. The maximum absolute atomic E-state index is 12.4. The number of carboxylic acid groups (broad SMARTS) is 1. The number of rotatable bonds is 10. The van der Waals surface area contributed by atoms with Gasteiger partial charge < -0.3 is 24.1 Å². The highest BCUT2D eigenvalue weighted by Crippen LogP contribution is 2.59. The average Bonchev–Trinajstić information content (AvgIpc) is 3.67. The number of aliphatic carboxylic acids is 1. The van der Waals surface area contributed by atoms with Gasteiger partial charge in [-0.05, 0) is 40.0 Å². The van der Waals surface area contributed by atoms with Crippen molar-refractivity contribution in [2.75, 3.05) is 13.7 Å². The zero-order valence-corrected chi connectivity index (χ0v) is 19.7. The fourth-order valence-corrected chi connectivity index (χ4v) is 4.79. The Balaban J connectivity index is 1.59. The lowest BCUT2D eigenvalue weighted by Crippen LogP contribution is -2.55. The molecule has 1 spiro atoms. The molecule has 2 saturated heterocycles.